The normalized spacial score (nSPS) is 12.4. The molecule has 0 atom stereocenters. The van der Waals surface area contributed by atoms with Gasteiger partial charge < -0.3 is 14.6 Å². The van der Waals surface area contributed by atoms with Crippen LogP contribution < -0.4 is 9.47 Å². The summed E-state index contributed by atoms with van der Waals surface area (Å²) in [5.41, 5.74) is -1.71. The average Bonchev–Trinajstić information content (AvgIpc) is 2.24. The maximum absolute atomic E-state index is 14.2. The molecule has 1 aromatic carbocycles. The van der Waals surface area contributed by atoms with Crippen molar-refractivity contribution in [3.63, 3.8) is 0 Å². The number of halogens is 1. The Bertz CT molecular complexity index is 428. The molecule has 0 spiro atoms. The van der Waals surface area contributed by atoms with Gasteiger partial charge in [-0.1, -0.05) is 0 Å². The second-order valence-electron chi connectivity index (χ2n) is 5.29. The van der Waals surface area contributed by atoms with Gasteiger partial charge in [-0.05, 0) is 45.4 Å². The third-order valence-electron chi connectivity index (χ3n) is 2.83. The SMILES string of the molecule is COc1cc(C(C)(C)O)cc(C(C)(C)F)c1OC. The molecule has 0 unspecified atom stereocenters. The lowest BCUT2D eigenvalue weighted by Gasteiger charge is -2.25. The highest BCUT2D eigenvalue weighted by Gasteiger charge is 2.29. The molecule has 0 saturated carbocycles. The van der Waals surface area contributed by atoms with E-state index in [1.54, 1.807) is 26.0 Å². The monoisotopic (exact) mass is 256 g/mol. The smallest absolute Gasteiger partial charge is 0.167 e. The van der Waals surface area contributed by atoms with Gasteiger partial charge in [-0.3, -0.25) is 0 Å². The van der Waals surface area contributed by atoms with Crippen molar-refractivity contribution in [1.82, 2.24) is 0 Å². The van der Waals surface area contributed by atoms with E-state index in [1.165, 1.54) is 28.1 Å². The Morgan fingerprint density at radius 3 is 1.94 bits per heavy atom. The Kier molecular flexibility index (Phi) is 3.91. The van der Waals surface area contributed by atoms with E-state index in [4.69, 9.17) is 9.47 Å². The molecule has 0 fully saturated rings. The number of aliphatic hydroxyl groups is 1. The molecule has 18 heavy (non-hydrogen) atoms. The van der Waals surface area contributed by atoms with Crippen molar-refractivity contribution in [2.75, 3.05) is 14.2 Å². The van der Waals surface area contributed by atoms with Crippen molar-refractivity contribution in [2.24, 2.45) is 0 Å². The zero-order chi connectivity index (χ0) is 14.1. The molecule has 0 radical (unpaired) electrons. The van der Waals surface area contributed by atoms with Crippen LogP contribution in [0.3, 0.4) is 0 Å². The molecule has 0 aliphatic heterocycles. The summed E-state index contributed by atoms with van der Waals surface area (Å²) >= 11 is 0. The Labute approximate surface area is 108 Å². The number of ether oxygens (including phenoxy) is 2. The van der Waals surface area contributed by atoms with Crippen molar-refractivity contribution >= 4 is 0 Å². The van der Waals surface area contributed by atoms with Crippen molar-refractivity contribution in [3.8, 4) is 11.5 Å². The highest BCUT2D eigenvalue weighted by molar-refractivity contribution is 5.52. The van der Waals surface area contributed by atoms with E-state index in [1.807, 2.05) is 0 Å². The molecule has 0 saturated heterocycles. The molecule has 4 heteroatoms. The van der Waals surface area contributed by atoms with Gasteiger partial charge in [0.25, 0.3) is 0 Å². The summed E-state index contributed by atoms with van der Waals surface area (Å²) in [7, 11) is 2.96. The molecule has 1 N–H and O–H groups in total. The first-order valence-electron chi connectivity index (χ1n) is 5.79. The standard InChI is InChI=1S/C14H21FO3/c1-13(2,15)10-7-9(14(3,4)16)8-11(17-5)12(10)18-6/h7-8,16H,1-6H3. The minimum atomic E-state index is -1.58. The second-order valence-corrected chi connectivity index (χ2v) is 5.29. The minimum Gasteiger partial charge on any atom is -0.493 e. The fourth-order valence-corrected chi connectivity index (χ4v) is 1.76. The number of hydrogen-bond acceptors (Lipinski definition) is 3. The van der Waals surface area contributed by atoms with Crippen molar-refractivity contribution in [3.05, 3.63) is 23.3 Å². The molecule has 102 valence electrons. The van der Waals surface area contributed by atoms with Crippen LogP contribution in [0.1, 0.15) is 38.8 Å². The van der Waals surface area contributed by atoms with Crippen LogP contribution in [0.5, 0.6) is 11.5 Å². The van der Waals surface area contributed by atoms with Gasteiger partial charge in [0.05, 0.1) is 19.8 Å². The summed E-state index contributed by atoms with van der Waals surface area (Å²) in [6.07, 6.45) is 0. The number of hydrogen-bond donors (Lipinski definition) is 1. The number of benzene rings is 1. The van der Waals surface area contributed by atoms with E-state index in [9.17, 15) is 9.50 Å². The first-order chi connectivity index (χ1) is 8.11. The number of methoxy groups -OCH3 is 2. The van der Waals surface area contributed by atoms with Crippen LogP contribution in [0.25, 0.3) is 0 Å². The third kappa shape index (κ3) is 2.93. The Morgan fingerprint density at radius 1 is 1.06 bits per heavy atom. The minimum absolute atomic E-state index is 0.359. The quantitative estimate of drug-likeness (QED) is 0.899. The van der Waals surface area contributed by atoms with Crippen LogP contribution in [0.15, 0.2) is 12.1 Å². The summed E-state index contributed by atoms with van der Waals surface area (Å²) in [5.74, 6) is 0.774. The van der Waals surface area contributed by atoms with Gasteiger partial charge in [-0.25, -0.2) is 4.39 Å². The molecular formula is C14H21FO3. The zero-order valence-corrected chi connectivity index (χ0v) is 11.8. The Morgan fingerprint density at radius 2 is 1.61 bits per heavy atom. The van der Waals surface area contributed by atoms with Crippen LogP contribution in [-0.2, 0) is 11.3 Å². The van der Waals surface area contributed by atoms with Crippen LogP contribution >= 0.6 is 0 Å². The van der Waals surface area contributed by atoms with Gasteiger partial charge in [0, 0.05) is 5.56 Å². The van der Waals surface area contributed by atoms with Gasteiger partial charge >= 0.3 is 0 Å². The lowest BCUT2D eigenvalue weighted by atomic mass is 9.90. The largest absolute Gasteiger partial charge is 0.493 e. The summed E-state index contributed by atoms with van der Waals surface area (Å²) < 4.78 is 24.7. The summed E-state index contributed by atoms with van der Waals surface area (Å²) in [6.45, 7) is 6.17. The topological polar surface area (TPSA) is 38.7 Å². The zero-order valence-electron chi connectivity index (χ0n) is 11.8. The molecule has 0 heterocycles. The van der Waals surface area contributed by atoms with E-state index in [0.29, 0.717) is 22.6 Å². The van der Waals surface area contributed by atoms with E-state index in [0.717, 1.165) is 0 Å². The van der Waals surface area contributed by atoms with E-state index >= 15 is 0 Å². The van der Waals surface area contributed by atoms with Crippen LogP contribution in [-0.4, -0.2) is 19.3 Å². The maximum Gasteiger partial charge on any atom is 0.167 e. The molecule has 0 aromatic heterocycles. The first-order valence-corrected chi connectivity index (χ1v) is 5.79. The lowest BCUT2D eigenvalue weighted by molar-refractivity contribution is 0.0777. The highest BCUT2D eigenvalue weighted by Crippen LogP contribution is 2.42. The maximum atomic E-state index is 14.2. The van der Waals surface area contributed by atoms with Crippen molar-refractivity contribution < 1.29 is 19.0 Å². The predicted molar refractivity (Wildman–Crippen MR) is 68.9 cm³/mol. The summed E-state index contributed by atoms with van der Waals surface area (Å²) in [5, 5.41) is 10.0. The molecule has 0 aliphatic carbocycles. The third-order valence-corrected chi connectivity index (χ3v) is 2.83. The second kappa shape index (κ2) is 4.76. The van der Waals surface area contributed by atoms with E-state index in [2.05, 4.69) is 0 Å². The average molecular weight is 256 g/mol. The predicted octanol–water partition coefficient (Wildman–Crippen LogP) is 3.14. The lowest BCUT2D eigenvalue weighted by Crippen LogP contribution is -2.19. The van der Waals surface area contributed by atoms with Crippen molar-refractivity contribution in [2.45, 2.75) is 39.0 Å². The molecule has 1 aromatic rings. The molecule has 3 nitrogen and oxygen atoms in total. The molecule has 0 amide bonds. The molecule has 1 rings (SSSR count). The number of rotatable bonds is 4. The fraction of sp³-hybridized carbons (Fsp3) is 0.571. The van der Waals surface area contributed by atoms with Crippen LogP contribution in [0.2, 0.25) is 0 Å². The fourth-order valence-electron chi connectivity index (χ4n) is 1.76. The van der Waals surface area contributed by atoms with Gasteiger partial charge in [-0.15, -0.1) is 0 Å². The van der Waals surface area contributed by atoms with Gasteiger partial charge in [0.2, 0.25) is 0 Å². The molecular weight excluding hydrogens is 235 g/mol. The summed E-state index contributed by atoms with van der Waals surface area (Å²) in [4.78, 5) is 0. The first kappa shape index (κ1) is 14.8. The molecule has 0 bridgehead atoms. The summed E-state index contributed by atoms with van der Waals surface area (Å²) in [6, 6.07) is 3.27. The Balaban J connectivity index is 3.57. The van der Waals surface area contributed by atoms with E-state index < -0.39 is 11.3 Å². The van der Waals surface area contributed by atoms with Crippen molar-refractivity contribution in [1.29, 1.82) is 0 Å². The van der Waals surface area contributed by atoms with Crippen LogP contribution in [0, 0.1) is 0 Å². The van der Waals surface area contributed by atoms with E-state index in [-0.39, 0.29) is 0 Å². The van der Waals surface area contributed by atoms with Gasteiger partial charge in [-0.2, -0.15) is 0 Å². The van der Waals surface area contributed by atoms with Gasteiger partial charge in [0.15, 0.2) is 11.5 Å². The van der Waals surface area contributed by atoms with Gasteiger partial charge in [0.1, 0.15) is 5.67 Å². The number of alkyl halides is 1. The highest BCUT2D eigenvalue weighted by atomic mass is 19.1. The van der Waals surface area contributed by atoms with Crippen LogP contribution in [0.4, 0.5) is 4.39 Å². The molecule has 0 aliphatic rings. The Hall–Kier alpha value is -1.29.